The van der Waals surface area contributed by atoms with E-state index < -0.39 is 0 Å². The number of ether oxygens (including phenoxy) is 1. The lowest BCUT2D eigenvalue weighted by atomic mass is 10.1. The zero-order valence-corrected chi connectivity index (χ0v) is 12.6. The average molecular weight is 312 g/mol. The van der Waals surface area contributed by atoms with Crippen molar-refractivity contribution in [3.63, 3.8) is 0 Å². The predicted octanol–water partition coefficient (Wildman–Crippen LogP) is 3.66. The van der Waals surface area contributed by atoms with Gasteiger partial charge in [-0.05, 0) is 55.8 Å². The van der Waals surface area contributed by atoms with Crippen LogP contribution >= 0.6 is 15.9 Å². The maximum atomic E-state index is 5.60. The molecule has 0 unspecified atom stereocenters. The lowest BCUT2D eigenvalue weighted by molar-refractivity contribution is 0.122. The SMILES string of the molecule is Cc1ccc(CNCCCOCC2CC2)cc1Br. The van der Waals surface area contributed by atoms with Crippen molar-refractivity contribution in [2.75, 3.05) is 19.8 Å². The van der Waals surface area contributed by atoms with E-state index in [2.05, 4.69) is 46.4 Å². The Morgan fingerprint density at radius 1 is 1.39 bits per heavy atom. The number of hydrogen-bond donors (Lipinski definition) is 1. The van der Waals surface area contributed by atoms with Gasteiger partial charge in [-0.1, -0.05) is 28.1 Å². The topological polar surface area (TPSA) is 21.3 Å². The molecule has 0 radical (unpaired) electrons. The van der Waals surface area contributed by atoms with Gasteiger partial charge in [0.2, 0.25) is 0 Å². The standard InChI is InChI=1S/C15H22BrNO/c1-12-3-4-14(9-15(12)16)10-17-7-2-8-18-11-13-5-6-13/h3-4,9,13,17H,2,5-8,10-11H2,1H3. The Labute approximate surface area is 118 Å². The second-order valence-electron chi connectivity index (χ2n) is 5.13. The fraction of sp³-hybridized carbons (Fsp3) is 0.600. The van der Waals surface area contributed by atoms with Gasteiger partial charge in [0.15, 0.2) is 0 Å². The molecule has 0 spiro atoms. The second-order valence-corrected chi connectivity index (χ2v) is 5.99. The minimum Gasteiger partial charge on any atom is -0.381 e. The molecule has 1 aromatic rings. The maximum Gasteiger partial charge on any atom is 0.0494 e. The monoisotopic (exact) mass is 311 g/mol. The highest BCUT2D eigenvalue weighted by Crippen LogP contribution is 2.28. The molecule has 2 rings (SSSR count). The van der Waals surface area contributed by atoms with Crippen molar-refractivity contribution in [3.05, 3.63) is 33.8 Å². The quantitative estimate of drug-likeness (QED) is 0.740. The van der Waals surface area contributed by atoms with Gasteiger partial charge in [0, 0.05) is 24.2 Å². The summed E-state index contributed by atoms with van der Waals surface area (Å²) < 4.78 is 6.79. The minimum absolute atomic E-state index is 0.878. The number of nitrogens with one attached hydrogen (secondary N) is 1. The molecule has 3 heteroatoms. The van der Waals surface area contributed by atoms with E-state index in [1.807, 2.05) is 0 Å². The van der Waals surface area contributed by atoms with Gasteiger partial charge in [-0.15, -0.1) is 0 Å². The Balaban J connectivity index is 1.52. The highest BCUT2D eigenvalue weighted by atomic mass is 79.9. The van der Waals surface area contributed by atoms with E-state index >= 15 is 0 Å². The van der Waals surface area contributed by atoms with E-state index in [1.54, 1.807) is 0 Å². The molecule has 1 saturated carbocycles. The maximum absolute atomic E-state index is 5.60. The zero-order valence-electron chi connectivity index (χ0n) is 11.0. The molecule has 18 heavy (non-hydrogen) atoms. The van der Waals surface area contributed by atoms with Crippen molar-refractivity contribution in [3.8, 4) is 0 Å². The Hall–Kier alpha value is -0.380. The number of halogens is 1. The molecule has 0 amide bonds. The van der Waals surface area contributed by atoms with Gasteiger partial charge in [0.05, 0.1) is 0 Å². The highest BCUT2D eigenvalue weighted by molar-refractivity contribution is 9.10. The van der Waals surface area contributed by atoms with Crippen molar-refractivity contribution < 1.29 is 4.74 Å². The van der Waals surface area contributed by atoms with Crippen molar-refractivity contribution in [2.45, 2.75) is 32.7 Å². The van der Waals surface area contributed by atoms with Gasteiger partial charge in [-0.25, -0.2) is 0 Å². The van der Waals surface area contributed by atoms with E-state index in [0.29, 0.717) is 0 Å². The van der Waals surface area contributed by atoms with Gasteiger partial charge in [-0.3, -0.25) is 0 Å². The van der Waals surface area contributed by atoms with Crippen molar-refractivity contribution in [2.24, 2.45) is 5.92 Å². The molecule has 0 bridgehead atoms. The van der Waals surface area contributed by atoms with Crippen LogP contribution < -0.4 is 5.32 Å². The van der Waals surface area contributed by atoms with E-state index in [4.69, 9.17) is 4.74 Å². The van der Waals surface area contributed by atoms with Crippen LogP contribution in [-0.2, 0) is 11.3 Å². The molecule has 100 valence electrons. The van der Waals surface area contributed by atoms with Crippen LogP contribution in [0, 0.1) is 12.8 Å². The van der Waals surface area contributed by atoms with Crippen LogP contribution in [0.15, 0.2) is 22.7 Å². The lowest BCUT2D eigenvalue weighted by Crippen LogP contribution is -2.16. The number of benzene rings is 1. The van der Waals surface area contributed by atoms with Crippen LogP contribution in [0.4, 0.5) is 0 Å². The second kappa shape index (κ2) is 7.27. The Morgan fingerprint density at radius 3 is 2.94 bits per heavy atom. The fourth-order valence-electron chi connectivity index (χ4n) is 1.81. The molecule has 0 aliphatic heterocycles. The van der Waals surface area contributed by atoms with Gasteiger partial charge in [0.1, 0.15) is 0 Å². The molecule has 0 atom stereocenters. The first-order valence-corrected chi connectivity index (χ1v) is 7.58. The number of aryl methyl sites for hydroxylation is 1. The lowest BCUT2D eigenvalue weighted by Gasteiger charge is -2.07. The molecule has 2 nitrogen and oxygen atoms in total. The summed E-state index contributed by atoms with van der Waals surface area (Å²) >= 11 is 3.56. The van der Waals surface area contributed by atoms with Crippen molar-refractivity contribution in [1.29, 1.82) is 0 Å². The van der Waals surface area contributed by atoms with Crippen LogP contribution in [0.5, 0.6) is 0 Å². The zero-order chi connectivity index (χ0) is 12.8. The summed E-state index contributed by atoms with van der Waals surface area (Å²) in [5, 5.41) is 3.45. The molecule has 0 saturated heterocycles. The summed E-state index contributed by atoms with van der Waals surface area (Å²) in [7, 11) is 0. The molecule has 0 aromatic heterocycles. The largest absolute Gasteiger partial charge is 0.381 e. The predicted molar refractivity (Wildman–Crippen MR) is 78.7 cm³/mol. The molecule has 0 heterocycles. The van der Waals surface area contributed by atoms with E-state index in [9.17, 15) is 0 Å². The van der Waals surface area contributed by atoms with Gasteiger partial charge < -0.3 is 10.1 Å². The summed E-state index contributed by atoms with van der Waals surface area (Å²) in [5.41, 5.74) is 2.61. The summed E-state index contributed by atoms with van der Waals surface area (Å²) in [6, 6.07) is 6.52. The van der Waals surface area contributed by atoms with Crippen molar-refractivity contribution >= 4 is 15.9 Å². The third-order valence-electron chi connectivity index (χ3n) is 3.26. The summed E-state index contributed by atoms with van der Waals surface area (Å²) in [6.07, 6.45) is 3.85. The molecular weight excluding hydrogens is 290 g/mol. The first-order valence-electron chi connectivity index (χ1n) is 6.79. The van der Waals surface area contributed by atoms with Crippen LogP contribution in [0.2, 0.25) is 0 Å². The number of rotatable bonds is 8. The van der Waals surface area contributed by atoms with Crippen LogP contribution in [0.1, 0.15) is 30.4 Å². The highest BCUT2D eigenvalue weighted by Gasteiger charge is 2.20. The van der Waals surface area contributed by atoms with E-state index in [-0.39, 0.29) is 0 Å². The van der Waals surface area contributed by atoms with Crippen LogP contribution in [0.25, 0.3) is 0 Å². The molecule has 1 aliphatic rings. The van der Waals surface area contributed by atoms with E-state index in [0.717, 1.165) is 38.6 Å². The first kappa shape index (κ1) is 14.0. The Morgan fingerprint density at radius 2 is 2.22 bits per heavy atom. The fourth-order valence-corrected chi connectivity index (χ4v) is 2.24. The molecular formula is C15H22BrNO. The minimum atomic E-state index is 0.878. The Bertz CT molecular complexity index is 377. The first-order chi connectivity index (χ1) is 8.75. The van der Waals surface area contributed by atoms with Gasteiger partial charge in [0.25, 0.3) is 0 Å². The number of hydrogen-bond acceptors (Lipinski definition) is 2. The smallest absolute Gasteiger partial charge is 0.0494 e. The third-order valence-corrected chi connectivity index (χ3v) is 4.11. The molecule has 1 aromatic carbocycles. The van der Waals surface area contributed by atoms with Crippen LogP contribution in [0.3, 0.4) is 0 Å². The summed E-state index contributed by atoms with van der Waals surface area (Å²) in [6.45, 7) is 5.93. The Kier molecular flexibility index (Phi) is 5.67. The van der Waals surface area contributed by atoms with Gasteiger partial charge >= 0.3 is 0 Å². The van der Waals surface area contributed by atoms with Crippen molar-refractivity contribution in [1.82, 2.24) is 5.32 Å². The average Bonchev–Trinajstić information content (AvgIpc) is 3.16. The third kappa shape index (κ3) is 5.09. The molecule has 1 aliphatic carbocycles. The van der Waals surface area contributed by atoms with Gasteiger partial charge in [-0.2, -0.15) is 0 Å². The molecule has 1 N–H and O–H groups in total. The normalized spacial score (nSPS) is 15.0. The van der Waals surface area contributed by atoms with Crippen LogP contribution in [-0.4, -0.2) is 19.8 Å². The summed E-state index contributed by atoms with van der Waals surface area (Å²) in [4.78, 5) is 0. The molecule has 1 fully saturated rings. The van der Waals surface area contributed by atoms with E-state index in [1.165, 1.54) is 28.4 Å². The summed E-state index contributed by atoms with van der Waals surface area (Å²) in [5.74, 6) is 0.878.